The van der Waals surface area contributed by atoms with E-state index in [2.05, 4.69) is 20.7 Å². The van der Waals surface area contributed by atoms with Crippen molar-refractivity contribution in [3.63, 3.8) is 0 Å². The SMILES string of the molecule is O=C(NN=Cc1ccc(O)cc1)c1cc(-c2ccccc2)n[nH]1. The highest BCUT2D eigenvalue weighted by molar-refractivity contribution is 5.94. The van der Waals surface area contributed by atoms with Gasteiger partial charge in [0.2, 0.25) is 0 Å². The van der Waals surface area contributed by atoms with Gasteiger partial charge < -0.3 is 5.11 Å². The van der Waals surface area contributed by atoms with E-state index < -0.39 is 0 Å². The van der Waals surface area contributed by atoms with Gasteiger partial charge in [-0.1, -0.05) is 30.3 Å². The van der Waals surface area contributed by atoms with Crippen LogP contribution in [0.4, 0.5) is 0 Å². The van der Waals surface area contributed by atoms with Crippen LogP contribution >= 0.6 is 0 Å². The Kier molecular flexibility index (Phi) is 4.15. The van der Waals surface area contributed by atoms with Gasteiger partial charge in [-0.15, -0.1) is 0 Å². The molecule has 6 nitrogen and oxygen atoms in total. The average molecular weight is 306 g/mol. The van der Waals surface area contributed by atoms with Gasteiger partial charge in [-0.05, 0) is 35.9 Å². The minimum Gasteiger partial charge on any atom is -0.508 e. The molecule has 3 N–H and O–H groups in total. The van der Waals surface area contributed by atoms with Gasteiger partial charge in [-0.3, -0.25) is 9.89 Å². The molecule has 0 spiro atoms. The number of benzene rings is 2. The van der Waals surface area contributed by atoms with E-state index in [-0.39, 0.29) is 11.7 Å². The fourth-order valence-corrected chi connectivity index (χ4v) is 1.98. The number of aromatic hydroxyl groups is 1. The number of nitrogens with one attached hydrogen (secondary N) is 2. The Hall–Kier alpha value is -3.41. The number of carbonyl (C=O) groups excluding carboxylic acids is 1. The maximum absolute atomic E-state index is 12.0. The first-order valence-corrected chi connectivity index (χ1v) is 6.95. The Morgan fingerprint density at radius 2 is 1.87 bits per heavy atom. The first-order chi connectivity index (χ1) is 11.2. The van der Waals surface area contributed by atoms with E-state index >= 15 is 0 Å². The summed E-state index contributed by atoms with van der Waals surface area (Å²) in [5.74, 6) is -0.202. The second-order valence-electron chi connectivity index (χ2n) is 4.82. The first kappa shape index (κ1) is 14.5. The van der Waals surface area contributed by atoms with Gasteiger partial charge in [0.05, 0.1) is 11.9 Å². The zero-order valence-corrected chi connectivity index (χ0v) is 12.1. The van der Waals surface area contributed by atoms with Crippen molar-refractivity contribution in [2.24, 2.45) is 5.10 Å². The Balaban J connectivity index is 1.65. The highest BCUT2D eigenvalue weighted by atomic mass is 16.3. The molecule has 1 heterocycles. The maximum atomic E-state index is 12.0. The molecular formula is C17H14N4O2. The summed E-state index contributed by atoms with van der Waals surface area (Å²) < 4.78 is 0. The van der Waals surface area contributed by atoms with Crippen LogP contribution in [0.15, 0.2) is 65.8 Å². The quantitative estimate of drug-likeness (QED) is 0.511. The van der Waals surface area contributed by atoms with Crippen molar-refractivity contribution < 1.29 is 9.90 Å². The number of carbonyl (C=O) groups is 1. The molecule has 1 amide bonds. The van der Waals surface area contributed by atoms with Gasteiger partial charge in [0.25, 0.3) is 5.91 Å². The highest BCUT2D eigenvalue weighted by Crippen LogP contribution is 2.16. The van der Waals surface area contributed by atoms with Crippen LogP contribution in [0.1, 0.15) is 16.1 Å². The largest absolute Gasteiger partial charge is 0.508 e. The van der Waals surface area contributed by atoms with Crippen LogP contribution in [-0.2, 0) is 0 Å². The molecule has 0 aliphatic carbocycles. The van der Waals surface area contributed by atoms with Gasteiger partial charge in [0.1, 0.15) is 11.4 Å². The van der Waals surface area contributed by atoms with Crippen LogP contribution in [0, 0.1) is 0 Å². The Morgan fingerprint density at radius 3 is 2.61 bits per heavy atom. The number of hydrogen-bond donors (Lipinski definition) is 3. The standard InChI is InChI=1S/C17H14N4O2/c22-14-8-6-12(7-9-14)11-18-21-17(23)16-10-15(19-20-16)13-4-2-1-3-5-13/h1-11,22H,(H,19,20)(H,21,23). The van der Waals surface area contributed by atoms with Crippen LogP contribution < -0.4 is 5.43 Å². The summed E-state index contributed by atoms with van der Waals surface area (Å²) in [6.45, 7) is 0. The van der Waals surface area contributed by atoms with Crippen LogP contribution in [0.2, 0.25) is 0 Å². The van der Waals surface area contributed by atoms with Crippen molar-refractivity contribution in [1.82, 2.24) is 15.6 Å². The van der Waals surface area contributed by atoms with Crippen molar-refractivity contribution in [1.29, 1.82) is 0 Å². The molecule has 6 heteroatoms. The van der Waals surface area contributed by atoms with E-state index in [4.69, 9.17) is 0 Å². The Morgan fingerprint density at radius 1 is 1.13 bits per heavy atom. The molecule has 1 aromatic heterocycles. The minimum absolute atomic E-state index is 0.178. The van der Waals surface area contributed by atoms with Crippen molar-refractivity contribution in [3.05, 3.63) is 71.9 Å². The number of amides is 1. The van der Waals surface area contributed by atoms with Crippen LogP contribution in [0.3, 0.4) is 0 Å². The number of phenolic OH excluding ortho intramolecular Hbond substituents is 1. The van der Waals surface area contributed by atoms with E-state index in [0.717, 1.165) is 11.1 Å². The number of aromatic amines is 1. The second kappa shape index (κ2) is 6.57. The zero-order valence-electron chi connectivity index (χ0n) is 12.1. The summed E-state index contributed by atoms with van der Waals surface area (Å²) in [4.78, 5) is 12.0. The van der Waals surface area contributed by atoms with E-state index in [1.54, 1.807) is 30.3 Å². The van der Waals surface area contributed by atoms with E-state index in [9.17, 15) is 9.90 Å². The van der Waals surface area contributed by atoms with E-state index in [1.807, 2.05) is 30.3 Å². The number of phenols is 1. The molecule has 2 aromatic carbocycles. The van der Waals surface area contributed by atoms with Crippen molar-refractivity contribution >= 4 is 12.1 Å². The van der Waals surface area contributed by atoms with Gasteiger partial charge in [0.15, 0.2) is 0 Å². The highest BCUT2D eigenvalue weighted by Gasteiger charge is 2.09. The lowest BCUT2D eigenvalue weighted by Gasteiger charge is -1.96. The van der Waals surface area contributed by atoms with Crippen molar-refractivity contribution in [2.75, 3.05) is 0 Å². The molecule has 0 aliphatic heterocycles. The Labute approximate surface area is 132 Å². The minimum atomic E-state index is -0.380. The summed E-state index contributed by atoms with van der Waals surface area (Å²) in [5, 5.41) is 19.9. The van der Waals surface area contributed by atoms with Crippen LogP contribution in [0.5, 0.6) is 5.75 Å². The molecule has 3 rings (SSSR count). The number of hydrogen-bond acceptors (Lipinski definition) is 4. The number of rotatable bonds is 4. The average Bonchev–Trinajstić information content (AvgIpc) is 3.07. The normalized spacial score (nSPS) is 10.8. The molecular weight excluding hydrogens is 292 g/mol. The molecule has 0 bridgehead atoms. The molecule has 0 radical (unpaired) electrons. The maximum Gasteiger partial charge on any atom is 0.289 e. The number of nitrogens with zero attached hydrogens (tertiary/aromatic N) is 2. The smallest absolute Gasteiger partial charge is 0.289 e. The van der Waals surface area contributed by atoms with Crippen molar-refractivity contribution in [2.45, 2.75) is 0 Å². The number of aromatic nitrogens is 2. The molecule has 0 unspecified atom stereocenters. The molecule has 114 valence electrons. The van der Waals surface area contributed by atoms with Gasteiger partial charge in [-0.2, -0.15) is 10.2 Å². The monoisotopic (exact) mass is 306 g/mol. The fraction of sp³-hybridized carbons (Fsp3) is 0. The Bertz CT molecular complexity index is 823. The predicted molar refractivity (Wildman–Crippen MR) is 87.2 cm³/mol. The second-order valence-corrected chi connectivity index (χ2v) is 4.82. The molecule has 0 saturated carbocycles. The first-order valence-electron chi connectivity index (χ1n) is 6.95. The summed E-state index contributed by atoms with van der Waals surface area (Å²) in [7, 11) is 0. The third kappa shape index (κ3) is 3.62. The summed E-state index contributed by atoms with van der Waals surface area (Å²) >= 11 is 0. The van der Waals surface area contributed by atoms with Crippen LogP contribution in [-0.4, -0.2) is 27.4 Å². The fourth-order valence-electron chi connectivity index (χ4n) is 1.98. The molecule has 3 aromatic rings. The predicted octanol–water partition coefficient (Wildman–Crippen LogP) is 2.55. The molecule has 23 heavy (non-hydrogen) atoms. The van der Waals surface area contributed by atoms with Gasteiger partial charge in [0, 0.05) is 5.56 Å². The molecule has 0 atom stereocenters. The molecule has 0 saturated heterocycles. The summed E-state index contributed by atoms with van der Waals surface area (Å²) in [5.41, 5.74) is 5.13. The van der Waals surface area contributed by atoms with Gasteiger partial charge >= 0.3 is 0 Å². The third-order valence-corrected chi connectivity index (χ3v) is 3.16. The topological polar surface area (TPSA) is 90.4 Å². The van der Waals surface area contributed by atoms with Gasteiger partial charge in [-0.25, -0.2) is 5.43 Å². The van der Waals surface area contributed by atoms with E-state index in [0.29, 0.717) is 11.4 Å². The number of H-pyrrole nitrogens is 1. The molecule has 0 aliphatic rings. The van der Waals surface area contributed by atoms with Crippen molar-refractivity contribution in [3.8, 4) is 17.0 Å². The number of hydrazone groups is 1. The summed E-state index contributed by atoms with van der Waals surface area (Å²) in [6, 6.07) is 17.7. The lowest BCUT2D eigenvalue weighted by Crippen LogP contribution is -2.17. The van der Waals surface area contributed by atoms with Crippen LogP contribution in [0.25, 0.3) is 11.3 Å². The summed E-state index contributed by atoms with van der Waals surface area (Å²) in [6.07, 6.45) is 1.49. The molecule has 0 fully saturated rings. The lowest BCUT2D eigenvalue weighted by molar-refractivity contribution is 0.0950. The van der Waals surface area contributed by atoms with E-state index in [1.165, 1.54) is 6.21 Å². The third-order valence-electron chi connectivity index (χ3n) is 3.16. The lowest BCUT2D eigenvalue weighted by atomic mass is 10.1. The zero-order chi connectivity index (χ0) is 16.1.